The van der Waals surface area contributed by atoms with Crippen molar-refractivity contribution in [3.05, 3.63) is 35.9 Å². The largest absolute Gasteiger partial charge is 0.339 e. The molecule has 1 atom stereocenters. The predicted molar refractivity (Wildman–Crippen MR) is 59.3 cm³/mol. The van der Waals surface area contributed by atoms with Gasteiger partial charge in [0.15, 0.2) is 0 Å². The zero-order chi connectivity index (χ0) is 10.7. The summed E-state index contributed by atoms with van der Waals surface area (Å²) < 4.78 is 0. The third-order valence-electron chi connectivity index (χ3n) is 2.78. The van der Waals surface area contributed by atoms with E-state index in [1.54, 1.807) is 0 Å². The highest BCUT2D eigenvalue weighted by atomic mass is 16.2. The molecule has 0 spiro atoms. The van der Waals surface area contributed by atoms with E-state index in [-0.39, 0.29) is 11.9 Å². The topological polar surface area (TPSA) is 46.3 Å². The molecule has 1 aliphatic heterocycles. The van der Waals surface area contributed by atoms with Crippen molar-refractivity contribution in [2.24, 2.45) is 5.73 Å². The van der Waals surface area contributed by atoms with Gasteiger partial charge >= 0.3 is 0 Å². The zero-order valence-electron chi connectivity index (χ0n) is 8.73. The van der Waals surface area contributed by atoms with Gasteiger partial charge in [-0.25, -0.2) is 0 Å². The number of likely N-dealkylation sites (tertiary alicyclic amines) is 1. The average molecular weight is 204 g/mol. The molecule has 1 amide bonds. The molecule has 3 heteroatoms. The van der Waals surface area contributed by atoms with Crippen LogP contribution in [0.25, 0.3) is 0 Å². The van der Waals surface area contributed by atoms with Crippen molar-refractivity contribution in [3.8, 4) is 0 Å². The van der Waals surface area contributed by atoms with Crippen LogP contribution in [0, 0.1) is 0 Å². The second-order valence-electron chi connectivity index (χ2n) is 3.98. The zero-order valence-corrected chi connectivity index (χ0v) is 8.73. The molecule has 2 rings (SSSR count). The fourth-order valence-corrected chi connectivity index (χ4v) is 1.85. The minimum atomic E-state index is -0.235. The van der Waals surface area contributed by atoms with Crippen molar-refractivity contribution in [3.63, 3.8) is 0 Å². The maximum absolute atomic E-state index is 11.2. The minimum Gasteiger partial charge on any atom is -0.339 e. The first-order valence-electron chi connectivity index (χ1n) is 5.35. The summed E-state index contributed by atoms with van der Waals surface area (Å²) in [4.78, 5) is 13.0. The van der Waals surface area contributed by atoms with E-state index in [1.807, 2.05) is 23.1 Å². The van der Waals surface area contributed by atoms with Crippen molar-refractivity contribution in [1.82, 2.24) is 4.90 Å². The molecular formula is C12H16N2O. The Hall–Kier alpha value is -1.35. The van der Waals surface area contributed by atoms with Gasteiger partial charge in [0.1, 0.15) is 6.04 Å². The standard InChI is InChI=1S/C12H16N2O/c13-11-9-14(12(11)15)8-4-7-10-5-2-1-3-6-10/h1-3,5-6,11H,4,7-9,13H2. The van der Waals surface area contributed by atoms with Gasteiger partial charge in [0, 0.05) is 13.1 Å². The first kappa shape index (κ1) is 10.2. The van der Waals surface area contributed by atoms with Gasteiger partial charge in [-0.15, -0.1) is 0 Å². The van der Waals surface area contributed by atoms with Gasteiger partial charge < -0.3 is 10.6 Å². The van der Waals surface area contributed by atoms with E-state index >= 15 is 0 Å². The molecule has 15 heavy (non-hydrogen) atoms. The Morgan fingerprint density at radius 3 is 2.67 bits per heavy atom. The van der Waals surface area contributed by atoms with Crippen LogP contribution in [0.2, 0.25) is 0 Å². The summed E-state index contributed by atoms with van der Waals surface area (Å²) in [6.45, 7) is 1.56. The van der Waals surface area contributed by atoms with Gasteiger partial charge in [-0.3, -0.25) is 4.79 Å². The number of amides is 1. The Labute approximate surface area is 89.9 Å². The lowest BCUT2D eigenvalue weighted by atomic mass is 10.1. The fourth-order valence-electron chi connectivity index (χ4n) is 1.85. The van der Waals surface area contributed by atoms with Crippen molar-refractivity contribution < 1.29 is 4.79 Å². The first-order chi connectivity index (χ1) is 7.27. The lowest BCUT2D eigenvalue weighted by Gasteiger charge is -2.36. The Morgan fingerprint density at radius 2 is 2.07 bits per heavy atom. The van der Waals surface area contributed by atoms with E-state index in [0.717, 1.165) is 25.9 Å². The van der Waals surface area contributed by atoms with Crippen LogP contribution in [0.4, 0.5) is 0 Å². The van der Waals surface area contributed by atoms with Crippen LogP contribution in [0.15, 0.2) is 30.3 Å². The highest BCUT2D eigenvalue weighted by molar-refractivity contribution is 5.87. The fraction of sp³-hybridized carbons (Fsp3) is 0.417. The Morgan fingerprint density at radius 1 is 1.33 bits per heavy atom. The number of β-lactam (4-membered cyclic amide) rings is 1. The van der Waals surface area contributed by atoms with Gasteiger partial charge in [-0.2, -0.15) is 0 Å². The van der Waals surface area contributed by atoms with Gasteiger partial charge in [0.25, 0.3) is 0 Å². The summed E-state index contributed by atoms with van der Waals surface area (Å²) in [6, 6.07) is 10.1. The summed E-state index contributed by atoms with van der Waals surface area (Å²) in [5.74, 6) is 0.100. The van der Waals surface area contributed by atoms with Crippen LogP contribution >= 0.6 is 0 Å². The number of nitrogens with zero attached hydrogens (tertiary/aromatic N) is 1. The highest BCUT2D eigenvalue weighted by Gasteiger charge is 2.32. The third-order valence-corrected chi connectivity index (χ3v) is 2.78. The lowest BCUT2D eigenvalue weighted by molar-refractivity contribution is -0.142. The molecule has 1 saturated heterocycles. The molecule has 0 aromatic heterocycles. The second kappa shape index (κ2) is 4.45. The molecule has 1 aromatic rings. The molecule has 1 heterocycles. The number of aryl methyl sites for hydroxylation is 1. The van der Waals surface area contributed by atoms with E-state index in [1.165, 1.54) is 5.56 Å². The molecule has 3 nitrogen and oxygen atoms in total. The van der Waals surface area contributed by atoms with Gasteiger partial charge in [0.05, 0.1) is 0 Å². The van der Waals surface area contributed by atoms with Crippen molar-refractivity contribution >= 4 is 5.91 Å². The quantitative estimate of drug-likeness (QED) is 0.737. The van der Waals surface area contributed by atoms with Crippen molar-refractivity contribution in [1.29, 1.82) is 0 Å². The van der Waals surface area contributed by atoms with Crippen LogP contribution in [-0.4, -0.2) is 29.9 Å². The smallest absolute Gasteiger partial charge is 0.241 e. The number of hydrogen-bond acceptors (Lipinski definition) is 2. The lowest BCUT2D eigenvalue weighted by Crippen LogP contribution is -2.60. The molecule has 0 saturated carbocycles. The second-order valence-corrected chi connectivity index (χ2v) is 3.98. The number of rotatable bonds is 4. The summed E-state index contributed by atoms with van der Waals surface area (Å²) in [7, 11) is 0. The normalized spacial score (nSPS) is 20.2. The number of carbonyl (C=O) groups excluding carboxylic acids is 1. The van der Waals surface area contributed by atoms with Gasteiger partial charge in [-0.1, -0.05) is 30.3 Å². The maximum Gasteiger partial charge on any atom is 0.241 e. The van der Waals surface area contributed by atoms with E-state index in [2.05, 4.69) is 12.1 Å². The molecule has 2 N–H and O–H groups in total. The summed E-state index contributed by atoms with van der Waals surface area (Å²) in [5.41, 5.74) is 6.83. The van der Waals surface area contributed by atoms with E-state index in [0.29, 0.717) is 0 Å². The van der Waals surface area contributed by atoms with Crippen LogP contribution < -0.4 is 5.73 Å². The number of hydrogen-bond donors (Lipinski definition) is 1. The van der Waals surface area contributed by atoms with Crippen molar-refractivity contribution in [2.45, 2.75) is 18.9 Å². The van der Waals surface area contributed by atoms with E-state index in [9.17, 15) is 4.79 Å². The number of carbonyl (C=O) groups is 1. The highest BCUT2D eigenvalue weighted by Crippen LogP contribution is 2.10. The van der Waals surface area contributed by atoms with Crippen LogP contribution in [0.1, 0.15) is 12.0 Å². The molecule has 80 valence electrons. The monoisotopic (exact) mass is 204 g/mol. The minimum absolute atomic E-state index is 0.100. The van der Waals surface area contributed by atoms with Crippen LogP contribution in [0.5, 0.6) is 0 Å². The molecule has 0 aliphatic carbocycles. The van der Waals surface area contributed by atoms with E-state index < -0.39 is 0 Å². The summed E-state index contributed by atoms with van der Waals surface area (Å²) in [5, 5.41) is 0. The summed E-state index contributed by atoms with van der Waals surface area (Å²) >= 11 is 0. The van der Waals surface area contributed by atoms with Gasteiger partial charge in [0.2, 0.25) is 5.91 Å². The Bertz CT molecular complexity index is 337. The van der Waals surface area contributed by atoms with Crippen molar-refractivity contribution in [2.75, 3.05) is 13.1 Å². The number of nitrogens with two attached hydrogens (primary N) is 1. The Balaban J connectivity index is 1.70. The SMILES string of the molecule is NC1CN(CCCc2ccccc2)C1=O. The molecule has 1 aliphatic rings. The molecule has 0 bridgehead atoms. The van der Waals surface area contributed by atoms with Crippen LogP contribution in [0.3, 0.4) is 0 Å². The Kier molecular flexibility index (Phi) is 3.02. The number of benzene rings is 1. The van der Waals surface area contributed by atoms with E-state index in [4.69, 9.17) is 5.73 Å². The maximum atomic E-state index is 11.2. The molecule has 1 unspecified atom stereocenters. The first-order valence-corrected chi connectivity index (χ1v) is 5.35. The molecule has 0 radical (unpaired) electrons. The molecule has 1 fully saturated rings. The summed E-state index contributed by atoms with van der Waals surface area (Å²) in [6.07, 6.45) is 2.04. The molecular weight excluding hydrogens is 188 g/mol. The van der Waals surface area contributed by atoms with Gasteiger partial charge in [-0.05, 0) is 18.4 Å². The van der Waals surface area contributed by atoms with Crippen LogP contribution in [-0.2, 0) is 11.2 Å². The third kappa shape index (κ3) is 2.36. The predicted octanol–water partition coefficient (Wildman–Crippen LogP) is 0.789. The molecule has 1 aromatic carbocycles. The average Bonchev–Trinajstić information content (AvgIpc) is 2.29.